The summed E-state index contributed by atoms with van der Waals surface area (Å²) in [7, 11) is 5.57. The smallest absolute Gasteiger partial charge is 0.128 e. The highest BCUT2D eigenvalue weighted by Gasteiger charge is 2.16. The van der Waals surface area contributed by atoms with Crippen molar-refractivity contribution < 1.29 is 4.74 Å². The number of ether oxygens (including phenoxy) is 1. The third-order valence-corrected chi connectivity index (χ3v) is 3.72. The van der Waals surface area contributed by atoms with Gasteiger partial charge in [0.25, 0.3) is 0 Å². The Morgan fingerprint density at radius 2 is 2.11 bits per heavy atom. The zero-order chi connectivity index (χ0) is 13.1. The molecule has 5 heteroatoms. The first-order valence-corrected chi connectivity index (χ1v) is 6.47. The topological polar surface area (TPSA) is 39.1 Å². The third kappa shape index (κ3) is 2.28. The fourth-order valence-electron chi connectivity index (χ4n) is 1.85. The molecule has 1 heterocycles. The van der Waals surface area contributed by atoms with Gasteiger partial charge in [-0.1, -0.05) is 12.1 Å². The van der Waals surface area contributed by atoms with Gasteiger partial charge in [0.2, 0.25) is 0 Å². The molecule has 0 radical (unpaired) electrons. The van der Waals surface area contributed by atoms with Crippen molar-refractivity contribution in [3.63, 3.8) is 0 Å². The average Bonchev–Trinajstić information content (AvgIpc) is 2.67. The lowest BCUT2D eigenvalue weighted by atomic mass is 10.1. The van der Waals surface area contributed by atoms with E-state index in [-0.39, 0.29) is 0 Å². The van der Waals surface area contributed by atoms with E-state index in [1.807, 2.05) is 42.9 Å². The Labute approximate surface area is 115 Å². The van der Waals surface area contributed by atoms with Crippen molar-refractivity contribution in [1.29, 1.82) is 0 Å². The molecule has 2 aromatic rings. The second kappa shape index (κ2) is 5.54. The minimum absolute atomic E-state index is 0.726. The highest BCUT2D eigenvalue weighted by Crippen LogP contribution is 2.34. The Morgan fingerprint density at radius 1 is 1.39 bits per heavy atom. The van der Waals surface area contributed by atoms with Crippen molar-refractivity contribution >= 4 is 15.9 Å². The predicted molar refractivity (Wildman–Crippen MR) is 75.7 cm³/mol. The van der Waals surface area contributed by atoms with E-state index in [4.69, 9.17) is 4.74 Å². The summed E-state index contributed by atoms with van der Waals surface area (Å²) in [6.07, 6.45) is 0. The van der Waals surface area contributed by atoms with Crippen LogP contribution in [0.25, 0.3) is 11.3 Å². The molecular weight excluding hydrogens is 294 g/mol. The lowest BCUT2D eigenvalue weighted by Crippen LogP contribution is -2.10. The highest BCUT2D eigenvalue weighted by molar-refractivity contribution is 9.10. The molecule has 0 aliphatic carbocycles. The van der Waals surface area contributed by atoms with Crippen LogP contribution < -0.4 is 10.1 Å². The van der Waals surface area contributed by atoms with Crippen molar-refractivity contribution in [2.24, 2.45) is 7.05 Å². The van der Waals surface area contributed by atoms with Gasteiger partial charge in [-0.2, -0.15) is 0 Å². The Balaban J connectivity index is 2.54. The number of imidazole rings is 1. The third-order valence-electron chi connectivity index (χ3n) is 2.81. The molecule has 0 aliphatic heterocycles. The molecule has 0 saturated carbocycles. The number of hydrogen-bond acceptors (Lipinski definition) is 3. The lowest BCUT2D eigenvalue weighted by molar-refractivity contribution is 0.416. The SMILES string of the molecule is CNCc1nc(-c2ccccc2OC)c(Br)n1C. The van der Waals surface area contributed by atoms with E-state index in [2.05, 4.69) is 26.2 Å². The number of halogens is 1. The molecule has 96 valence electrons. The van der Waals surface area contributed by atoms with Crippen LogP contribution in [0, 0.1) is 0 Å². The van der Waals surface area contributed by atoms with Crippen molar-refractivity contribution in [3.8, 4) is 17.0 Å². The molecule has 0 fully saturated rings. The van der Waals surface area contributed by atoms with Gasteiger partial charge < -0.3 is 14.6 Å². The van der Waals surface area contributed by atoms with Gasteiger partial charge in [-0.05, 0) is 35.1 Å². The first-order chi connectivity index (χ1) is 8.69. The number of rotatable bonds is 4. The number of para-hydroxylation sites is 1. The van der Waals surface area contributed by atoms with E-state index in [1.165, 1.54) is 0 Å². The second-order valence-electron chi connectivity index (χ2n) is 3.96. The van der Waals surface area contributed by atoms with Gasteiger partial charge in [0.05, 0.1) is 13.7 Å². The summed E-state index contributed by atoms with van der Waals surface area (Å²) in [5.41, 5.74) is 1.89. The zero-order valence-corrected chi connectivity index (χ0v) is 12.3. The molecule has 0 aliphatic rings. The summed E-state index contributed by atoms with van der Waals surface area (Å²) in [6, 6.07) is 7.88. The fraction of sp³-hybridized carbons (Fsp3) is 0.308. The molecule has 4 nitrogen and oxygen atoms in total. The maximum atomic E-state index is 5.38. The van der Waals surface area contributed by atoms with Crippen molar-refractivity contribution in [2.75, 3.05) is 14.2 Å². The lowest BCUT2D eigenvalue weighted by Gasteiger charge is -2.06. The van der Waals surface area contributed by atoms with Crippen LogP contribution >= 0.6 is 15.9 Å². The summed E-state index contributed by atoms with van der Waals surface area (Å²) in [6.45, 7) is 0.726. The Morgan fingerprint density at radius 3 is 2.78 bits per heavy atom. The van der Waals surface area contributed by atoms with Crippen LogP contribution in [0.4, 0.5) is 0 Å². The van der Waals surface area contributed by atoms with Gasteiger partial charge in [-0.15, -0.1) is 0 Å². The Bertz CT molecular complexity index is 551. The molecular formula is C13H16BrN3O. The summed E-state index contributed by atoms with van der Waals surface area (Å²) in [5.74, 6) is 1.80. The van der Waals surface area contributed by atoms with Crippen LogP contribution in [-0.4, -0.2) is 23.7 Å². The average molecular weight is 310 g/mol. The van der Waals surface area contributed by atoms with Crippen LogP contribution in [0.15, 0.2) is 28.9 Å². The van der Waals surface area contributed by atoms with Gasteiger partial charge in [-0.3, -0.25) is 0 Å². The quantitative estimate of drug-likeness (QED) is 0.943. The zero-order valence-electron chi connectivity index (χ0n) is 10.7. The van der Waals surface area contributed by atoms with E-state index >= 15 is 0 Å². The maximum absolute atomic E-state index is 5.38. The Hall–Kier alpha value is -1.33. The van der Waals surface area contributed by atoms with Crippen LogP contribution in [0.3, 0.4) is 0 Å². The fourth-order valence-corrected chi connectivity index (χ4v) is 2.36. The highest BCUT2D eigenvalue weighted by atomic mass is 79.9. The molecule has 1 aromatic heterocycles. The van der Waals surface area contributed by atoms with Crippen molar-refractivity contribution in [2.45, 2.75) is 6.54 Å². The molecule has 0 atom stereocenters. The molecule has 0 unspecified atom stereocenters. The van der Waals surface area contributed by atoms with Gasteiger partial charge in [0.1, 0.15) is 21.9 Å². The molecule has 0 bridgehead atoms. The van der Waals surface area contributed by atoms with Crippen LogP contribution in [0.2, 0.25) is 0 Å². The monoisotopic (exact) mass is 309 g/mol. The molecule has 18 heavy (non-hydrogen) atoms. The van der Waals surface area contributed by atoms with Crippen molar-refractivity contribution in [1.82, 2.24) is 14.9 Å². The molecule has 0 amide bonds. The summed E-state index contributed by atoms with van der Waals surface area (Å²) in [5, 5.41) is 3.11. The summed E-state index contributed by atoms with van der Waals surface area (Å²) < 4.78 is 8.36. The van der Waals surface area contributed by atoms with Gasteiger partial charge in [-0.25, -0.2) is 4.98 Å². The summed E-state index contributed by atoms with van der Waals surface area (Å²) in [4.78, 5) is 4.65. The number of aromatic nitrogens is 2. The van der Waals surface area contributed by atoms with E-state index in [0.717, 1.165) is 34.0 Å². The largest absolute Gasteiger partial charge is 0.496 e. The minimum atomic E-state index is 0.726. The van der Waals surface area contributed by atoms with Crippen LogP contribution in [0.1, 0.15) is 5.82 Å². The minimum Gasteiger partial charge on any atom is -0.496 e. The molecule has 2 rings (SSSR count). The normalized spacial score (nSPS) is 10.7. The second-order valence-corrected chi connectivity index (χ2v) is 4.71. The molecule has 1 aromatic carbocycles. The van der Waals surface area contributed by atoms with Crippen LogP contribution in [0.5, 0.6) is 5.75 Å². The van der Waals surface area contributed by atoms with E-state index < -0.39 is 0 Å². The summed E-state index contributed by atoms with van der Waals surface area (Å²) >= 11 is 3.59. The standard InChI is InChI=1S/C13H16BrN3O/c1-15-8-11-16-12(13(14)17(11)2)9-6-4-5-7-10(9)18-3/h4-7,15H,8H2,1-3H3. The number of nitrogens with one attached hydrogen (secondary N) is 1. The van der Waals surface area contributed by atoms with Gasteiger partial charge in [0, 0.05) is 12.6 Å². The van der Waals surface area contributed by atoms with E-state index in [9.17, 15) is 0 Å². The predicted octanol–water partition coefficient (Wildman–Crippen LogP) is 2.58. The number of nitrogens with zero attached hydrogens (tertiary/aromatic N) is 2. The first kappa shape index (κ1) is 13.1. The molecule has 1 N–H and O–H groups in total. The number of hydrogen-bond donors (Lipinski definition) is 1. The molecule has 0 saturated heterocycles. The van der Waals surface area contributed by atoms with Gasteiger partial charge in [0.15, 0.2) is 0 Å². The van der Waals surface area contributed by atoms with E-state index in [0.29, 0.717) is 0 Å². The van der Waals surface area contributed by atoms with Gasteiger partial charge >= 0.3 is 0 Å². The first-order valence-electron chi connectivity index (χ1n) is 5.68. The number of methoxy groups -OCH3 is 1. The molecule has 0 spiro atoms. The van der Waals surface area contributed by atoms with E-state index in [1.54, 1.807) is 7.11 Å². The van der Waals surface area contributed by atoms with Crippen molar-refractivity contribution in [3.05, 3.63) is 34.7 Å². The maximum Gasteiger partial charge on any atom is 0.128 e. The number of benzene rings is 1. The van der Waals surface area contributed by atoms with Crippen LogP contribution in [-0.2, 0) is 13.6 Å². The Kier molecular flexibility index (Phi) is 4.04.